The topological polar surface area (TPSA) is 118 Å². The second-order valence-electron chi connectivity index (χ2n) is 15.0. The number of urea groups is 1. The lowest BCUT2D eigenvalue weighted by Gasteiger charge is -2.34. The lowest BCUT2D eigenvalue weighted by molar-refractivity contribution is -0.136. The van der Waals surface area contributed by atoms with Crippen LogP contribution in [-0.4, -0.2) is 98.6 Å². The van der Waals surface area contributed by atoms with Crippen molar-refractivity contribution in [1.82, 2.24) is 15.1 Å². The number of amides is 5. The highest BCUT2D eigenvalue weighted by molar-refractivity contribution is 6.28. The summed E-state index contributed by atoms with van der Waals surface area (Å²) >= 11 is 5.69. The lowest BCUT2D eigenvalue weighted by atomic mass is 9.80. The minimum absolute atomic E-state index is 0.0722. The number of anilines is 1. The number of carbonyl (C=O) groups excluding carboxylic acids is 4. The van der Waals surface area contributed by atoms with Crippen LogP contribution in [0.5, 0.6) is 5.75 Å². The average Bonchev–Trinajstić information content (AvgIpc) is 3.16. The van der Waals surface area contributed by atoms with Gasteiger partial charge in [0.2, 0.25) is 5.91 Å². The largest absolute Gasteiger partial charge is 0.457 e. The fraction of sp³-hybridized carbons (Fsp3) is 0.628. The lowest BCUT2D eigenvalue weighted by Crippen LogP contribution is -2.56. The van der Waals surface area contributed by atoms with E-state index < -0.39 is 17.8 Å². The van der Waals surface area contributed by atoms with Crippen molar-refractivity contribution in [2.75, 3.05) is 69.9 Å². The van der Waals surface area contributed by atoms with Crippen LogP contribution >= 0.6 is 11.6 Å². The second-order valence-corrected chi connectivity index (χ2v) is 15.3. The van der Waals surface area contributed by atoms with Crippen LogP contribution in [0.15, 0.2) is 47.8 Å². The maximum Gasteiger partial charge on any atom is 0.333 e. The molecule has 11 nitrogen and oxygen atoms in total. The highest BCUT2D eigenvalue weighted by atomic mass is 35.5. The SMILES string of the molecule is CCCCN1C(=O)/C(=C\C=C2C=C(C(C)(C)C)c3ccc(N(CC)CC)cc3O2)C(=O)N(CCCCCC(=O)NCCOCCOCCCCCCCl)C1=O. The molecule has 1 aromatic carbocycles. The fourth-order valence-electron chi connectivity index (χ4n) is 6.46. The number of nitrogens with one attached hydrogen (secondary N) is 1. The minimum Gasteiger partial charge on any atom is -0.457 e. The summed E-state index contributed by atoms with van der Waals surface area (Å²) in [6.07, 6.45) is 12.9. The summed E-state index contributed by atoms with van der Waals surface area (Å²) in [7, 11) is 0. The Morgan fingerprint density at radius 3 is 2.15 bits per heavy atom. The van der Waals surface area contributed by atoms with Crippen molar-refractivity contribution < 1.29 is 33.4 Å². The molecular weight excluding hydrogens is 720 g/mol. The van der Waals surface area contributed by atoms with E-state index in [2.05, 4.69) is 57.0 Å². The normalized spacial score (nSPS) is 16.1. The van der Waals surface area contributed by atoms with Gasteiger partial charge < -0.3 is 24.4 Å². The first-order valence-corrected chi connectivity index (χ1v) is 20.9. The summed E-state index contributed by atoms with van der Waals surface area (Å²) in [5.41, 5.74) is 2.86. The Hall–Kier alpha value is -3.67. The first-order valence-electron chi connectivity index (χ1n) is 20.3. The van der Waals surface area contributed by atoms with Gasteiger partial charge in [0.15, 0.2) is 0 Å². The third-order valence-corrected chi connectivity index (χ3v) is 9.93. The molecule has 2 heterocycles. The number of imide groups is 2. The van der Waals surface area contributed by atoms with Gasteiger partial charge in [0.05, 0.1) is 19.8 Å². The number of halogens is 1. The quantitative estimate of drug-likeness (QED) is 0.0456. The number of carbonyl (C=O) groups is 4. The summed E-state index contributed by atoms with van der Waals surface area (Å²) < 4.78 is 17.5. The van der Waals surface area contributed by atoms with Crippen LogP contribution in [0.25, 0.3) is 5.57 Å². The Bertz CT molecular complexity index is 1510. The van der Waals surface area contributed by atoms with Crippen LogP contribution in [0, 0.1) is 5.41 Å². The number of benzene rings is 1. The smallest absolute Gasteiger partial charge is 0.333 e. The van der Waals surface area contributed by atoms with Gasteiger partial charge in [0.1, 0.15) is 17.1 Å². The first kappa shape index (κ1) is 45.7. The Kier molecular flexibility index (Phi) is 20.0. The van der Waals surface area contributed by atoms with Crippen molar-refractivity contribution in [2.45, 2.75) is 106 Å². The summed E-state index contributed by atoms with van der Waals surface area (Å²) in [6, 6.07) is 5.64. The average molecular weight is 785 g/mol. The van der Waals surface area contributed by atoms with Crippen molar-refractivity contribution in [3.63, 3.8) is 0 Å². The number of rotatable bonds is 25. The van der Waals surface area contributed by atoms with Crippen molar-refractivity contribution in [1.29, 1.82) is 0 Å². The van der Waals surface area contributed by atoms with E-state index in [1.54, 1.807) is 6.08 Å². The Morgan fingerprint density at radius 1 is 0.836 bits per heavy atom. The Balaban J connectivity index is 1.57. The van der Waals surface area contributed by atoms with Gasteiger partial charge in [-0.05, 0) is 87.3 Å². The van der Waals surface area contributed by atoms with E-state index in [1.165, 1.54) is 11.0 Å². The van der Waals surface area contributed by atoms with Gasteiger partial charge in [-0.15, -0.1) is 11.6 Å². The number of unbranched alkanes of at least 4 members (excludes halogenated alkanes) is 6. The van der Waals surface area contributed by atoms with Crippen LogP contribution < -0.4 is 15.0 Å². The summed E-state index contributed by atoms with van der Waals surface area (Å²) in [4.78, 5) is 57.7. The first-order chi connectivity index (χ1) is 26.5. The highest BCUT2D eigenvalue weighted by Crippen LogP contribution is 2.44. The van der Waals surface area contributed by atoms with Crippen LogP contribution in [0.2, 0.25) is 0 Å². The van der Waals surface area contributed by atoms with Gasteiger partial charge in [-0.2, -0.15) is 0 Å². The zero-order valence-electron chi connectivity index (χ0n) is 34.2. The van der Waals surface area contributed by atoms with Crippen LogP contribution in [0.4, 0.5) is 10.5 Å². The molecular formula is C43H65ClN4O7. The van der Waals surface area contributed by atoms with Crippen LogP contribution in [0.3, 0.4) is 0 Å². The van der Waals surface area contributed by atoms with E-state index in [0.717, 1.165) is 66.9 Å². The molecule has 0 unspecified atom stereocenters. The highest BCUT2D eigenvalue weighted by Gasteiger charge is 2.41. The van der Waals surface area contributed by atoms with E-state index in [4.69, 9.17) is 25.8 Å². The molecule has 2 aliphatic heterocycles. The number of ether oxygens (including phenoxy) is 3. The van der Waals surface area contributed by atoms with E-state index >= 15 is 0 Å². The van der Waals surface area contributed by atoms with Crippen molar-refractivity contribution in [3.8, 4) is 5.75 Å². The van der Waals surface area contributed by atoms with E-state index in [0.29, 0.717) is 82.5 Å². The van der Waals surface area contributed by atoms with Crippen LogP contribution in [-0.2, 0) is 23.9 Å². The molecule has 0 bridgehead atoms. The van der Waals surface area contributed by atoms with Gasteiger partial charge in [0.25, 0.3) is 11.8 Å². The molecule has 1 fully saturated rings. The van der Waals surface area contributed by atoms with E-state index in [9.17, 15) is 19.2 Å². The summed E-state index contributed by atoms with van der Waals surface area (Å²) in [6.45, 7) is 17.3. The molecule has 5 amide bonds. The van der Waals surface area contributed by atoms with Crippen molar-refractivity contribution in [3.05, 3.63) is 53.3 Å². The third-order valence-electron chi connectivity index (χ3n) is 9.67. The Labute approximate surface area is 334 Å². The molecule has 1 saturated heterocycles. The molecule has 1 N–H and O–H groups in total. The zero-order chi connectivity index (χ0) is 40.2. The number of allylic oxidation sites excluding steroid dienone is 4. The molecule has 0 saturated carbocycles. The minimum atomic E-state index is -0.620. The molecule has 0 atom stereocenters. The standard InChI is InChI=1S/C43H65ClN4O7/c1-7-10-25-47-40(50)36(22-20-34-32-37(43(4,5)6)35-21-19-33(31-38(35)55-34)46(8-2)9-3)41(51)48(42(47)52)26-16-13-14-18-39(49)45-24-28-54-30-29-53-27-17-12-11-15-23-44/h19-22,31-32H,7-18,23-30H2,1-6H3,(H,45,49)/b34-20?,36-22+. The number of alkyl halides is 1. The number of hydrogen-bond donors (Lipinski definition) is 1. The number of hydrogen-bond acceptors (Lipinski definition) is 8. The van der Waals surface area contributed by atoms with Crippen molar-refractivity contribution in [2.24, 2.45) is 5.41 Å². The summed E-state index contributed by atoms with van der Waals surface area (Å²) in [5, 5.41) is 2.87. The molecule has 0 aromatic heterocycles. The van der Waals surface area contributed by atoms with E-state index in [1.807, 2.05) is 19.1 Å². The molecule has 2 aliphatic rings. The molecule has 306 valence electrons. The van der Waals surface area contributed by atoms with Crippen LogP contribution in [0.1, 0.15) is 111 Å². The molecule has 0 aliphatic carbocycles. The monoisotopic (exact) mass is 784 g/mol. The second kappa shape index (κ2) is 24.1. The molecule has 12 heteroatoms. The van der Waals surface area contributed by atoms with Gasteiger partial charge in [0, 0.05) is 68.9 Å². The van der Waals surface area contributed by atoms with Gasteiger partial charge in [-0.3, -0.25) is 24.2 Å². The predicted molar refractivity (Wildman–Crippen MR) is 220 cm³/mol. The van der Waals surface area contributed by atoms with Gasteiger partial charge in [-0.25, -0.2) is 4.79 Å². The van der Waals surface area contributed by atoms with E-state index in [-0.39, 0.29) is 30.0 Å². The van der Waals surface area contributed by atoms with Gasteiger partial charge in [-0.1, -0.05) is 53.4 Å². The molecule has 0 radical (unpaired) electrons. The summed E-state index contributed by atoms with van der Waals surface area (Å²) in [5.74, 6) is 0.636. The number of barbiturate groups is 1. The molecule has 55 heavy (non-hydrogen) atoms. The zero-order valence-corrected chi connectivity index (χ0v) is 34.9. The number of fused-ring (bicyclic) bond motifs is 1. The fourth-order valence-corrected chi connectivity index (χ4v) is 6.65. The Morgan fingerprint density at radius 2 is 1.49 bits per heavy atom. The number of nitrogens with zero attached hydrogens (tertiary/aromatic N) is 3. The molecule has 0 spiro atoms. The maximum atomic E-state index is 13.7. The molecule has 3 rings (SSSR count). The predicted octanol–water partition coefficient (Wildman–Crippen LogP) is 8.26. The van der Waals surface area contributed by atoms with Crippen molar-refractivity contribution >= 4 is 46.6 Å². The molecule has 1 aromatic rings. The third kappa shape index (κ3) is 14.4. The maximum absolute atomic E-state index is 13.7. The van der Waals surface area contributed by atoms with Gasteiger partial charge >= 0.3 is 6.03 Å².